The van der Waals surface area contributed by atoms with Crippen molar-refractivity contribution in [2.24, 2.45) is 0 Å². The Bertz CT molecular complexity index is 874. The van der Waals surface area contributed by atoms with E-state index in [-0.39, 0.29) is 18.4 Å². The molecule has 0 saturated carbocycles. The molecule has 3 aromatic rings. The number of benzene rings is 1. The van der Waals surface area contributed by atoms with Crippen molar-refractivity contribution in [2.75, 3.05) is 11.9 Å². The van der Waals surface area contributed by atoms with E-state index >= 15 is 0 Å². The van der Waals surface area contributed by atoms with Gasteiger partial charge in [0.25, 0.3) is 11.8 Å². The van der Waals surface area contributed by atoms with Gasteiger partial charge in [0.05, 0.1) is 5.56 Å². The predicted octanol–water partition coefficient (Wildman–Crippen LogP) is 3.04. The topological polar surface area (TPSA) is 103 Å². The zero-order chi connectivity index (χ0) is 17.8. The lowest BCUT2D eigenvalue weighted by molar-refractivity contribution is -0.118. The molecule has 2 aromatic heterocycles. The fraction of sp³-hybridized carbons (Fsp3) is 0.312. The normalized spacial score (nSPS) is 10.9. The maximum Gasteiger partial charge on any atom is 0.264 e. The molecule has 8 nitrogen and oxygen atoms in total. The third-order valence-electron chi connectivity index (χ3n) is 3.18. The van der Waals surface area contributed by atoms with E-state index in [1.807, 2.05) is 19.9 Å². The van der Waals surface area contributed by atoms with E-state index in [4.69, 9.17) is 9.26 Å². The van der Waals surface area contributed by atoms with Gasteiger partial charge >= 0.3 is 0 Å². The van der Waals surface area contributed by atoms with Crippen molar-refractivity contribution in [3.05, 3.63) is 35.1 Å². The van der Waals surface area contributed by atoms with Crippen LogP contribution < -0.4 is 10.1 Å². The van der Waals surface area contributed by atoms with E-state index in [0.717, 1.165) is 5.01 Å². The van der Waals surface area contributed by atoms with Gasteiger partial charge in [-0.15, -0.1) is 10.2 Å². The van der Waals surface area contributed by atoms with Crippen LogP contribution in [0.2, 0.25) is 0 Å². The van der Waals surface area contributed by atoms with Crippen LogP contribution in [-0.4, -0.2) is 32.9 Å². The van der Waals surface area contributed by atoms with Gasteiger partial charge in [0.1, 0.15) is 10.8 Å². The summed E-state index contributed by atoms with van der Waals surface area (Å²) in [6, 6.07) is 7.17. The minimum absolute atomic E-state index is 0.166. The van der Waals surface area contributed by atoms with Crippen molar-refractivity contribution >= 4 is 22.4 Å². The van der Waals surface area contributed by atoms with Crippen molar-refractivity contribution in [1.82, 2.24) is 20.3 Å². The number of aryl methyl sites for hydroxylation is 1. The molecular formula is C16H17N5O3S. The molecular weight excluding hydrogens is 342 g/mol. The minimum Gasteiger partial charge on any atom is -0.483 e. The monoisotopic (exact) mass is 359 g/mol. The molecule has 0 aliphatic rings. The first kappa shape index (κ1) is 17.0. The Labute approximate surface area is 148 Å². The van der Waals surface area contributed by atoms with Crippen molar-refractivity contribution in [3.8, 4) is 17.2 Å². The number of hydrogen-bond acceptors (Lipinski definition) is 8. The zero-order valence-corrected chi connectivity index (χ0v) is 14.8. The highest BCUT2D eigenvalue weighted by atomic mass is 32.1. The second-order valence-electron chi connectivity index (χ2n) is 5.58. The molecule has 0 aliphatic heterocycles. The Morgan fingerprint density at radius 3 is 2.80 bits per heavy atom. The van der Waals surface area contributed by atoms with Gasteiger partial charge in [-0.25, -0.2) is 0 Å². The number of carbonyl (C=O) groups excluding carboxylic acids is 1. The van der Waals surface area contributed by atoms with Gasteiger partial charge < -0.3 is 9.26 Å². The molecule has 1 aromatic carbocycles. The molecule has 9 heteroatoms. The lowest BCUT2D eigenvalue weighted by atomic mass is 10.2. The molecule has 0 bridgehead atoms. The van der Waals surface area contributed by atoms with Crippen molar-refractivity contribution in [1.29, 1.82) is 0 Å². The summed E-state index contributed by atoms with van der Waals surface area (Å²) in [5.41, 5.74) is 0.633. The van der Waals surface area contributed by atoms with Crippen LogP contribution in [0.15, 0.2) is 28.8 Å². The van der Waals surface area contributed by atoms with Gasteiger partial charge in [-0.05, 0) is 19.1 Å². The van der Waals surface area contributed by atoms with E-state index in [1.165, 1.54) is 11.3 Å². The summed E-state index contributed by atoms with van der Waals surface area (Å²) >= 11 is 1.35. The number of aromatic nitrogens is 4. The molecule has 2 heterocycles. The van der Waals surface area contributed by atoms with E-state index in [0.29, 0.717) is 28.2 Å². The minimum atomic E-state index is -0.317. The highest BCUT2D eigenvalue weighted by Gasteiger charge is 2.15. The van der Waals surface area contributed by atoms with E-state index in [1.54, 1.807) is 25.1 Å². The van der Waals surface area contributed by atoms with Crippen molar-refractivity contribution in [3.63, 3.8) is 0 Å². The Hall–Kier alpha value is -2.81. The average Bonchev–Trinajstić information content (AvgIpc) is 3.22. The first-order valence-corrected chi connectivity index (χ1v) is 8.50. The van der Waals surface area contributed by atoms with Gasteiger partial charge in [-0.2, -0.15) is 4.98 Å². The van der Waals surface area contributed by atoms with E-state index in [2.05, 4.69) is 25.7 Å². The van der Waals surface area contributed by atoms with Gasteiger partial charge in [0.15, 0.2) is 12.4 Å². The van der Waals surface area contributed by atoms with Gasteiger partial charge in [0.2, 0.25) is 5.13 Å². The molecule has 3 rings (SSSR count). The molecule has 1 amide bonds. The molecule has 0 fully saturated rings. The number of rotatable bonds is 6. The van der Waals surface area contributed by atoms with E-state index in [9.17, 15) is 4.79 Å². The summed E-state index contributed by atoms with van der Waals surface area (Å²) in [7, 11) is 0. The molecule has 0 radical (unpaired) electrons. The molecule has 0 aliphatic carbocycles. The number of hydrogen-bond donors (Lipinski definition) is 1. The third kappa shape index (κ3) is 4.18. The highest BCUT2D eigenvalue weighted by Crippen LogP contribution is 2.28. The van der Waals surface area contributed by atoms with Gasteiger partial charge in [-0.1, -0.05) is 42.5 Å². The Kier molecular flexibility index (Phi) is 5.03. The number of nitrogens with one attached hydrogen (secondary N) is 1. The lowest BCUT2D eigenvalue weighted by Crippen LogP contribution is -2.20. The van der Waals surface area contributed by atoms with Crippen LogP contribution >= 0.6 is 11.3 Å². The maximum atomic E-state index is 12.1. The van der Waals surface area contributed by atoms with E-state index < -0.39 is 0 Å². The third-order valence-corrected chi connectivity index (χ3v) is 4.32. The SMILES string of the molecule is Cc1noc(-c2ccccc2OCC(=O)Nc2nnc(C(C)C)s2)n1. The number of amides is 1. The summed E-state index contributed by atoms with van der Waals surface area (Å²) in [4.78, 5) is 16.2. The molecule has 0 saturated heterocycles. The molecule has 0 spiro atoms. The largest absolute Gasteiger partial charge is 0.483 e. The summed E-state index contributed by atoms with van der Waals surface area (Å²) in [5, 5.41) is 15.7. The number of carbonyl (C=O) groups is 1. The van der Waals surface area contributed by atoms with Crippen molar-refractivity contribution < 1.29 is 14.1 Å². The number of anilines is 1. The summed E-state index contributed by atoms with van der Waals surface area (Å²) in [6.45, 7) is 5.61. The highest BCUT2D eigenvalue weighted by molar-refractivity contribution is 7.15. The first-order chi connectivity index (χ1) is 12.0. The molecule has 25 heavy (non-hydrogen) atoms. The summed E-state index contributed by atoms with van der Waals surface area (Å²) in [6.07, 6.45) is 0. The standard InChI is InChI=1S/C16H17N5O3S/c1-9(2)15-19-20-16(25-15)18-13(22)8-23-12-7-5-4-6-11(12)14-17-10(3)21-24-14/h4-7,9H,8H2,1-3H3,(H,18,20,22). The van der Waals surface area contributed by atoms with Gasteiger partial charge in [0, 0.05) is 5.92 Å². The Morgan fingerprint density at radius 2 is 2.12 bits per heavy atom. The number of para-hydroxylation sites is 1. The summed E-state index contributed by atoms with van der Waals surface area (Å²) < 4.78 is 10.8. The smallest absolute Gasteiger partial charge is 0.264 e. The molecule has 0 atom stereocenters. The van der Waals surface area contributed by atoms with Crippen LogP contribution in [0.3, 0.4) is 0 Å². The lowest BCUT2D eigenvalue weighted by Gasteiger charge is -2.08. The molecule has 1 N–H and O–H groups in total. The molecule has 0 unspecified atom stereocenters. The quantitative estimate of drug-likeness (QED) is 0.721. The number of ether oxygens (including phenoxy) is 1. The second-order valence-corrected chi connectivity index (χ2v) is 6.59. The second kappa shape index (κ2) is 7.39. The van der Waals surface area contributed by atoms with Crippen LogP contribution in [0.25, 0.3) is 11.5 Å². The van der Waals surface area contributed by atoms with Crippen molar-refractivity contribution in [2.45, 2.75) is 26.7 Å². The Morgan fingerprint density at radius 1 is 1.32 bits per heavy atom. The van der Waals surface area contributed by atoms with Crippen LogP contribution in [0.4, 0.5) is 5.13 Å². The van der Waals surface area contributed by atoms with Crippen LogP contribution in [0, 0.1) is 6.92 Å². The average molecular weight is 359 g/mol. The summed E-state index contributed by atoms with van der Waals surface area (Å²) in [5.74, 6) is 1.31. The fourth-order valence-corrected chi connectivity index (χ4v) is 2.75. The maximum absolute atomic E-state index is 12.1. The number of nitrogens with zero attached hydrogens (tertiary/aromatic N) is 4. The fourth-order valence-electron chi connectivity index (χ4n) is 1.99. The van der Waals surface area contributed by atoms with Crippen LogP contribution in [-0.2, 0) is 4.79 Å². The zero-order valence-electron chi connectivity index (χ0n) is 14.0. The van der Waals surface area contributed by atoms with Gasteiger partial charge in [-0.3, -0.25) is 10.1 Å². The van der Waals surface area contributed by atoms with Crippen LogP contribution in [0.1, 0.15) is 30.6 Å². The Balaban J connectivity index is 1.64. The molecule has 130 valence electrons. The van der Waals surface area contributed by atoms with Crippen LogP contribution in [0.5, 0.6) is 5.75 Å². The first-order valence-electron chi connectivity index (χ1n) is 7.68. The predicted molar refractivity (Wildman–Crippen MR) is 92.6 cm³/mol.